The topological polar surface area (TPSA) is 81.7 Å². The number of nitrogens with one attached hydrogen (secondary N) is 1. The maximum Gasteiger partial charge on any atom is 0.416 e. The molecule has 0 saturated carbocycles. The van der Waals surface area contributed by atoms with Crippen LogP contribution in [0.3, 0.4) is 0 Å². The highest BCUT2D eigenvalue weighted by atomic mass is 32.2. The molecule has 0 atom stereocenters. The Bertz CT molecular complexity index is 890. The van der Waals surface area contributed by atoms with Crippen LogP contribution >= 0.6 is 11.3 Å². The summed E-state index contributed by atoms with van der Waals surface area (Å²) in [4.78, 5) is 11.6. The molecule has 0 aliphatic carbocycles. The highest BCUT2D eigenvalue weighted by Crippen LogP contribution is 2.37. The van der Waals surface area contributed by atoms with Gasteiger partial charge in [-0.3, -0.25) is 4.72 Å². The van der Waals surface area contributed by atoms with Crippen molar-refractivity contribution in [3.8, 4) is 5.75 Å². The van der Waals surface area contributed by atoms with Gasteiger partial charge in [-0.1, -0.05) is 6.07 Å². The maximum atomic E-state index is 12.7. The van der Waals surface area contributed by atoms with E-state index >= 15 is 0 Å². The number of alkyl halides is 3. The van der Waals surface area contributed by atoms with E-state index in [0.29, 0.717) is 17.4 Å². The van der Waals surface area contributed by atoms with E-state index in [2.05, 4.69) is 4.74 Å². The molecule has 0 aliphatic rings. The number of carbonyl (C=O) groups excluding carboxylic acids is 1. The molecule has 1 heterocycles. The van der Waals surface area contributed by atoms with Crippen molar-refractivity contribution in [2.45, 2.75) is 10.4 Å². The fourth-order valence-electron chi connectivity index (χ4n) is 1.92. The van der Waals surface area contributed by atoms with Crippen molar-refractivity contribution < 1.29 is 35.9 Å². The minimum atomic E-state index is -4.61. The summed E-state index contributed by atoms with van der Waals surface area (Å²) in [5, 5.41) is 1.23. The van der Waals surface area contributed by atoms with Gasteiger partial charge in [0.25, 0.3) is 10.0 Å². The molecule has 136 valence electrons. The van der Waals surface area contributed by atoms with E-state index < -0.39 is 27.7 Å². The molecule has 25 heavy (non-hydrogen) atoms. The highest BCUT2D eigenvalue weighted by molar-refractivity contribution is 7.94. The molecule has 11 heteroatoms. The number of benzene rings is 1. The Morgan fingerprint density at radius 1 is 1.24 bits per heavy atom. The Morgan fingerprint density at radius 3 is 2.48 bits per heavy atom. The largest absolute Gasteiger partial charge is 0.493 e. The number of sulfonamides is 1. The Labute approximate surface area is 145 Å². The lowest BCUT2D eigenvalue weighted by Crippen LogP contribution is -2.14. The van der Waals surface area contributed by atoms with E-state index in [0.717, 1.165) is 26.4 Å². The van der Waals surface area contributed by atoms with Gasteiger partial charge in [-0.05, 0) is 18.2 Å². The van der Waals surface area contributed by atoms with Gasteiger partial charge in [0.05, 0.1) is 19.8 Å². The van der Waals surface area contributed by atoms with Crippen molar-refractivity contribution in [3.63, 3.8) is 0 Å². The molecule has 1 N–H and O–H groups in total. The smallest absolute Gasteiger partial charge is 0.416 e. The lowest BCUT2D eigenvalue weighted by atomic mass is 10.2. The Morgan fingerprint density at radius 2 is 1.92 bits per heavy atom. The van der Waals surface area contributed by atoms with Gasteiger partial charge in [0.1, 0.15) is 5.56 Å². The van der Waals surface area contributed by atoms with Crippen LogP contribution in [0.2, 0.25) is 0 Å². The van der Waals surface area contributed by atoms with Crippen molar-refractivity contribution in [2.24, 2.45) is 0 Å². The van der Waals surface area contributed by atoms with E-state index in [-0.39, 0.29) is 21.2 Å². The molecule has 1 aromatic heterocycles. The number of halogens is 3. The summed E-state index contributed by atoms with van der Waals surface area (Å²) in [5.74, 6) is -1.04. The van der Waals surface area contributed by atoms with Crippen LogP contribution in [0.1, 0.15) is 15.9 Å². The van der Waals surface area contributed by atoms with E-state index in [9.17, 15) is 26.4 Å². The van der Waals surface area contributed by atoms with Crippen LogP contribution in [0.15, 0.2) is 33.9 Å². The number of carbonyl (C=O) groups is 1. The predicted octanol–water partition coefficient (Wildman–Crippen LogP) is 3.36. The summed E-state index contributed by atoms with van der Waals surface area (Å²) in [6.07, 6.45) is -4.61. The van der Waals surface area contributed by atoms with Crippen molar-refractivity contribution in [1.82, 2.24) is 0 Å². The molecule has 0 radical (unpaired) electrons. The first-order valence-corrected chi connectivity index (χ1v) is 8.90. The van der Waals surface area contributed by atoms with Crippen LogP contribution in [-0.4, -0.2) is 28.6 Å². The number of hydrogen-bond acceptors (Lipinski definition) is 6. The zero-order valence-corrected chi connectivity index (χ0v) is 14.5. The van der Waals surface area contributed by atoms with Crippen molar-refractivity contribution in [2.75, 3.05) is 18.9 Å². The molecule has 2 aromatic rings. The molecular weight excluding hydrogens is 383 g/mol. The second-order valence-electron chi connectivity index (χ2n) is 4.65. The summed E-state index contributed by atoms with van der Waals surface area (Å²) in [6, 6.07) is 3.73. The van der Waals surface area contributed by atoms with E-state index in [1.165, 1.54) is 11.4 Å². The van der Waals surface area contributed by atoms with E-state index in [4.69, 9.17) is 4.74 Å². The van der Waals surface area contributed by atoms with E-state index in [1.54, 1.807) is 0 Å². The molecule has 1 aromatic carbocycles. The average molecular weight is 395 g/mol. The average Bonchev–Trinajstić information content (AvgIpc) is 2.98. The molecule has 0 aliphatic heterocycles. The summed E-state index contributed by atoms with van der Waals surface area (Å²) in [6.45, 7) is 0. The first-order valence-electron chi connectivity index (χ1n) is 6.54. The number of methoxy groups -OCH3 is 2. The Kier molecular flexibility index (Phi) is 5.28. The number of rotatable bonds is 5. The fraction of sp³-hybridized carbons (Fsp3) is 0.214. The van der Waals surface area contributed by atoms with Crippen molar-refractivity contribution >= 4 is 33.0 Å². The first kappa shape index (κ1) is 19.1. The molecule has 0 amide bonds. The van der Waals surface area contributed by atoms with Crippen LogP contribution in [0.25, 0.3) is 0 Å². The SMILES string of the molecule is COC(=O)c1csc(S(=O)(=O)Nc2cccc(C(F)(F)F)c2)c1OC. The van der Waals surface area contributed by atoms with Gasteiger partial charge < -0.3 is 9.47 Å². The summed E-state index contributed by atoms with van der Waals surface area (Å²) in [5.41, 5.74) is -1.37. The second-order valence-corrected chi connectivity index (χ2v) is 7.40. The normalized spacial score (nSPS) is 11.9. The Balaban J connectivity index is 2.41. The van der Waals surface area contributed by atoms with Crippen LogP contribution in [-0.2, 0) is 20.9 Å². The number of esters is 1. The summed E-state index contributed by atoms with van der Waals surface area (Å²) < 4.78 is 74.3. The van der Waals surface area contributed by atoms with Gasteiger partial charge in [0.2, 0.25) is 0 Å². The number of hydrogen-bond donors (Lipinski definition) is 1. The van der Waals surface area contributed by atoms with Crippen LogP contribution in [0, 0.1) is 0 Å². The molecule has 0 fully saturated rings. The third kappa shape index (κ3) is 4.04. The quantitative estimate of drug-likeness (QED) is 0.785. The first-order chi connectivity index (χ1) is 11.6. The van der Waals surface area contributed by atoms with Crippen LogP contribution < -0.4 is 9.46 Å². The van der Waals surface area contributed by atoms with Crippen LogP contribution in [0.5, 0.6) is 5.75 Å². The molecular formula is C14H12F3NO5S2. The summed E-state index contributed by atoms with van der Waals surface area (Å²) in [7, 11) is -1.99. The molecule has 2 rings (SSSR count). The molecule has 0 spiro atoms. The summed E-state index contributed by atoms with van der Waals surface area (Å²) >= 11 is 0.682. The minimum absolute atomic E-state index is 0.0978. The standard InChI is InChI=1S/C14H12F3NO5S2/c1-22-11-10(12(19)23-2)7-24-13(11)25(20,21)18-9-5-3-4-8(6-9)14(15,16)17/h3-7,18H,1-2H3. The molecule has 6 nitrogen and oxygen atoms in total. The molecule has 0 saturated heterocycles. The second kappa shape index (κ2) is 6.92. The molecule has 0 bridgehead atoms. The molecule has 0 unspecified atom stereocenters. The van der Waals surface area contributed by atoms with Gasteiger partial charge >= 0.3 is 12.1 Å². The third-order valence-electron chi connectivity index (χ3n) is 3.01. The monoisotopic (exact) mass is 395 g/mol. The van der Waals surface area contributed by atoms with Gasteiger partial charge in [0, 0.05) is 11.1 Å². The number of ether oxygens (including phenoxy) is 2. The third-order valence-corrected chi connectivity index (χ3v) is 5.89. The van der Waals surface area contributed by atoms with Crippen molar-refractivity contribution in [3.05, 3.63) is 40.8 Å². The lowest BCUT2D eigenvalue weighted by Gasteiger charge is -2.11. The van der Waals surface area contributed by atoms with Gasteiger partial charge in [0.15, 0.2) is 9.96 Å². The van der Waals surface area contributed by atoms with Crippen molar-refractivity contribution in [1.29, 1.82) is 0 Å². The van der Waals surface area contributed by atoms with Gasteiger partial charge in [-0.2, -0.15) is 13.2 Å². The number of anilines is 1. The van der Waals surface area contributed by atoms with Crippen LogP contribution in [0.4, 0.5) is 18.9 Å². The number of thiophene rings is 1. The minimum Gasteiger partial charge on any atom is -0.493 e. The van der Waals surface area contributed by atoms with Gasteiger partial charge in [-0.15, -0.1) is 11.3 Å². The van der Waals surface area contributed by atoms with Gasteiger partial charge in [-0.25, -0.2) is 13.2 Å². The van der Waals surface area contributed by atoms with E-state index in [1.807, 2.05) is 4.72 Å². The maximum absolute atomic E-state index is 12.7. The lowest BCUT2D eigenvalue weighted by molar-refractivity contribution is -0.137. The Hall–Kier alpha value is -2.27. The zero-order valence-electron chi connectivity index (χ0n) is 12.9. The highest BCUT2D eigenvalue weighted by Gasteiger charge is 2.32. The predicted molar refractivity (Wildman–Crippen MR) is 84.5 cm³/mol. The fourth-order valence-corrected chi connectivity index (χ4v) is 4.39. The zero-order chi connectivity index (χ0) is 18.8.